The Kier molecular flexibility index (Phi) is 4.32. The Morgan fingerprint density at radius 2 is 2.05 bits per heavy atom. The lowest BCUT2D eigenvalue weighted by atomic mass is 10.2. The fourth-order valence-electron chi connectivity index (χ4n) is 1.71. The standard InChI is InChI=1S/C14H17BrN4O2/c1-14(2,3)21-13(20)19(12-6-8-17-18(12)4)11-9-10(15)5-7-16-11/h5-9H,1-4H3. The van der Waals surface area contributed by atoms with Gasteiger partial charge in [0.1, 0.15) is 17.2 Å². The summed E-state index contributed by atoms with van der Waals surface area (Å²) < 4.78 is 7.88. The predicted octanol–water partition coefficient (Wildman–Crippen LogP) is 3.65. The van der Waals surface area contributed by atoms with Gasteiger partial charge < -0.3 is 4.74 Å². The molecular weight excluding hydrogens is 336 g/mol. The van der Waals surface area contributed by atoms with Crippen LogP contribution in [0.5, 0.6) is 0 Å². The van der Waals surface area contributed by atoms with Crippen molar-refractivity contribution in [2.45, 2.75) is 26.4 Å². The number of amides is 1. The van der Waals surface area contributed by atoms with Gasteiger partial charge in [0.15, 0.2) is 0 Å². The van der Waals surface area contributed by atoms with Crippen LogP contribution in [0.4, 0.5) is 16.4 Å². The van der Waals surface area contributed by atoms with E-state index in [0.29, 0.717) is 11.6 Å². The minimum atomic E-state index is -0.597. The summed E-state index contributed by atoms with van der Waals surface area (Å²) in [6.07, 6.45) is 2.73. The molecule has 112 valence electrons. The van der Waals surface area contributed by atoms with Crippen molar-refractivity contribution in [2.24, 2.45) is 7.05 Å². The first-order chi connectivity index (χ1) is 9.78. The van der Waals surface area contributed by atoms with E-state index in [2.05, 4.69) is 26.0 Å². The highest BCUT2D eigenvalue weighted by molar-refractivity contribution is 9.10. The Bertz CT molecular complexity index is 648. The van der Waals surface area contributed by atoms with Crippen LogP contribution in [0.3, 0.4) is 0 Å². The molecule has 0 N–H and O–H groups in total. The van der Waals surface area contributed by atoms with Crippen LogP contribution in [0.15, 0.2) is 35.1 Å². The minimum absolute atomic E-state index is 0.460. The van der Waals surface area contributed by atoms with Gasteiger partial charge in [-0.3, -0.25) is 4.68 Å². The highest BCUT2D eigenvalue weighted by atomic mass is 79.9. The summed E-state index contributed by atoms with van der Waals surface area (Å²) in [5, 5.41) is 4.09. The quantitative estimate of drug-likeness (QED) is 0.827. The van der Waals surface area contributed by atoms with Gasteiger partial charge in [-0.05, 0) is 32.9 Å². The Balaban J connectivity index is 2.45. The SMILES string of the molecule is Cn1nccc1N(C(=O)OC(C)(C)C)c1cc(Br)ccn1. The normalized spacial score (nSPS) is 11.3. The number of pyridine rings is 1. The molecular formula is C14H17BrN4O2. The van der Waals surface area contributed by atoms with Crippen molar-refractivity contribution in [1.29, 1.82) is 0 Å². The van der Waals surface area contributed by atoms with Crippen LogP contribution in [0.25, 0.3) is 0 Å². The molecule has 0 spiro atoms. The van der Waals surface area contributed by atoms with Crippen molar-refractivity contribution >= 4 is 33.7 Å². The molecule has 0 bridgehead atoms. The number of aryl methyl sites for hydroxylation is 1. The lowest BCUT2D eigenvalue weighted by Gasteiger charge is -2.26. The lowest BCUT2D eigenvalue weighted by molar-refractivity contribution is 0.0596. The topological polar surface area (TPSA) is 60.2 Å². The van der Waals surface area contributed by atoms with Gasteiger partial charge in [0, 0.05) is 23.8 Å². The Morgan fingerprint density at radius 1 is 1.33 bits per heavy atom. The van der Waals surface area contributed by atoms with Gasteiger partial charge >= 0.3 is 6.09 Å². The average molecular weight is 353 g/mol. The van der Waals surface area contributed by atoms with E-state index in [4.69, 9.17) is 4.74 Å². The van der Waals surface area contributed by atoms with Crippen molar-refractivity contribution in [2.75, 3.05) is 4.90 Å². The van der Waals surface area contributed by atoms with Crippen molar-refractivity contribution in [3.8, 4) is 0 Å². The predicted molar refractivity (Wildman–Crippen MR) is 83.5 cm³/mol. The number of hydrogen-bond donors (Lipinski definition) is 0. The summed E-state index contributed by atoms with van der Waals surface area (Å²) in [6.45, 7) is 5.46. The largest absolute Gasteiger partial charge is 0.443 e. The summed E-state index contributed by atoms with van der Waals surface area (Å²) in [4.78, 5) is 18.2. The lowest BCUT2D eigenvalue weighted by Crippen LogP contribution is -2.35. The molecule has 0 unspecified atom stereocenters. The summed E-state index contributed by atoms with van der Waals surface area (Å²) in [5.74, 6) is 1.04. The van der Waals surface area contributed by atoms with Crippen molar-refractivity contribution in [3.63, 3.8) is 0 Å². The molecule has 7 heteroatoms. The summed E-state index contributed by atoms with van der Waals surface area (Å²) in [5.41, 5.74) is -0.597. The molecule has 2 heterocycles. The molecule has 2 aromatic rings. The highest BCUT2D eigenvalue weighted by Crippen LogP contribution is 2.27. The summed E-state index contributed by atoms with van der Waals surface area (Å²) in [6, 6.07) is 5.27. The smallest absolute Gasteiger partial charge is 0.421 e. The van der Waals surface area contributed by atoms with E-state index in [-0.39, 0.29) is 0 Å². The Morgan fingerprint density at radius 3 is 2.57 bits per heavy atom. The molecule has 21 heavy (non-hydrogen) atoms. The zero-order chi connectivity index (χ0) is 15.6. The van der Waals surface area contributed by atoms with E-state index in [0.717, 1.165) is 4.47 Å². The maximum Gasteiger partial charge on any atom is 0.421 e. The number of halogens is 1. The number of carbonyl (C=O) groups is 1. The number of aromatic nitrogens is 3. The first-order valence-electron chi connectivity index (χ1n) is 6.40. The monoisotopic (exact) mass is 352 g/mol. The zero-order valence-corrected chi connectivity index (χ0v) is 14.0. The van der Waals surface area contributed by atoms with Gasteiger partial charge in [-0.15, -0.1) is 0 Å². The van der Waals surface area contributed by atoms with Crippen molar-refractivity contribution in [1.82, 2.24) is 14.8 Å². The van der Waals surface area contributed by atoms with Crippen LogP contribution in [0.1, 0.15) is 20.8 Å². The fourth-order valence-corrected chi connectivity index (χ4v) is 2.04. The second-order valence-corrected chi connectivity index (χ2v) is 6.38. The average Bonchev–Trinajstić information content (AvgIpc) is 2.74. The third-order valence-electron chi connectivity index (χ3n) is 2.54. The number of carbonyl (C=O) groups excluding carboxylic acids is 1. The number of ether oxygens (including phenoxy) is 1. The van der Waals surface area contributed by atoms with E-state index in [1.807, 2.05) is 20.8 Å². The zero-order valence-electron chi connectivity index (χ0n) is 12.4. The van der Waals surface area contributed by atoms with Crippen LogP contribution >= 0.6 is 15.9 Å². The number of hydrogen-bond acceptors (Lipinski definition) is 4. The van der Waals surface area contributed by atoms with Gasteiger partial charge in [-0.1, -0.05) is 15.9 Å². The van der Waals surface area contributed by atoms with Crippen molar-refractivity contribution in [3.05, 3.63) is 35.1 Å². The van der Waals surface area contributed by atoms with E-state index in [1.165, 1.54) is 4.90 Å². The third-order valence-corrected chi connectivity index (χ3v) is 3.03. The van der Waals surface area contributed by atoms with Gasteiger partial charge in [0.05, 0.1) is 6.20 Å². The number of rotatable bonds is 2. The molecule has 0 fully saturated rings. The van der Waals surface area contributed by atoms with Crippen LogP contribution in [-0.2, 0) is 11.8 Å². The second-order valence-electron chi connectivity index (χ2n) is 5.46. The number of nitrogens with zero attached hydrogens (tertiary/aromatic N) is 4. The van der Waals surface area contributed by atoms with Crippen molar-refractivity contribution < 1.29 is 9.53 Å². The maximum absolute atomic E-state index is 12.5. The van der Waals surface area contributed by atoms with Crippen LogP contribution in [-0.4, -0.2) is 26.5 Å². The summed E-state index contributed by atoms with van der Waals surface area (Å²) in [7, 11) is 1.75. The highest BCUT2D eigenvalue weighted by Gasteiger charge is 2.27. The molecule has 2 rings (SSSR count). The molecule has 1 amide bonds. The first-order valence-corrected chi connectivity index (χ1v) is 7.20. The first kappa shape index (κ1) is 15.5. The van der Waals surface area contributed by atoms with Gasteiger partial charge in [0.2, 0.25) is 0 Å². The Labute approximate surface area is 131 Å². The molecule has 0 saturated heterocycles. The molecule has 0 aliphatic carbocycles. The van der Waals surface area contributed by atoms with E-state index in [1.54, 1.807) is 42.3 Å². The van der Waals surface area contributed by atoms with E-state index >= 15 is 0 Å². The second kappa shape index (κ2) is 5.85. The molecule has 6 nitrogen and oxygen atoms in total. The van der Waals surface area contributed by atoms with Crippen LogP contribution in [0.2, 0.25) is 0 Å². The van der Waals surface area contributed by atoms with Crippen LogP contribution < -0.4 is 4.90 Å². The summed E-state index contributed by atoms with van der Waals surface area (Å²) >= 11 is 3.38. The van der Waals surface area contributed by atoms with E-state index in [9.17, 15) is 4.79 Å². The Hall–Kier alpha value is -1.89. The third kappa shape index (κ3) is 3.81. The minimum Gasteiger partial charge on any atom is -0.443 e. The van der Waals surface area contributed by atoms with Crippen LogP contribution in [0, 0.1) is 0 Å². The molecule has 2 aromatic heterocycles. The molecule has 0 saturated carbocycles. The van der Waals surface area contributed by atoms with Gasteiger partial charge in [0.25, 0.3) is 0 Å². The number of anilines is 2. The molecule has 0 aromatic carbocycles. The molecule has 0 atom stereocenters. The van der Waals surface area contributed by atoms with Gasteiger partial charge in [-0.2, -0.15) is 5.10 Å². The fraction of sp³-hybridized carbons (Fsp3) is 0.357. The molecule has 0 aliphatic heterocycles. The van der Waals surface area contributed by atoms with E-state index < -0.39 is 11.7 Å². The van der Waals surface area contributed by atoms with Gasteiger partial charge in [-0.25, -0.2) is 14.7 Å². The maximum atomic E-state index is 12.5. The molecule has 0 aliphatic rings. The molecule has 0 radical (unpaired) electrons.